The van der Waals surface area contributed by atoms with E-state index in [9.17, 15) is 4.79 Å². The molecular formula is C22H22Cl2N4O3S. The predicted molar refractivity (Wildman–Crippen MR) is 127 cm³/mol. The van der Waals surface area contributed by atoms with Gasteiger partial charge in [-0.25, -0.2) is 0 Å². The first kappa shape index (κ1) is 24.0. The van der Waals surface area contributed by atoms with Gasteiger partial charge >= 0.3 is 0 Å². The third kappa shape index (κ3) is 6.18. The van der Waals surface area contributed by atoms with Crippen LogP contribution in [0.15, 0.2) is 47.6 Å². The standard InChI is InChI=1S/C22H22Cl2N4O3S/c1-28-20(26-27-22(28)32-13-15-4-7-16(23)17(24)10-15)12-25-21(29)9-6-14-5-8-18(30-2)19(11-14)31-3/h4-11H,12-13H2,1-3H3,(H,25,29). The molecule has 1 N–H and O–H groups in total. The lowest BCUT2D eigenvalue weighted by Crippen LogP contribution is -2.22. The average molecular weight is 493 g/mol. The Labute approximate surface area is 200 Å². The molecule has 3 aromatic rings. The number of nitrogens with one attached hydrogen (secondary N) is 1. The summed E-state index contributed by atoms with van der Waals surface area (Å²) in [6.07, 6.45) is 3.16. The molecule has 0 saturated heterocycles. The van der Waals surface area contributed by atoms with Gasteiger partial charge in [0.25, 0.3) is 0 Å². The highest BCUT2D eigenvalue weighted by Gasteiger charge is 2.11. The first-order valence-corrected chi connectivity index (χ1v) is 11.3. The van der Waals surface area contributed by atoms with Crippen molar-refractivity contribution in [1.29, 1.82) is 0 Å². The molecule has 0 aliphatic carbocycles. The molecule has 168 valence electrons. The van der Waals surface area contributed by atoms with Crippen LogP contribution >= 0.6 is 35.0 Å². The lowest BCUT2D eigenvalue weighted by atomic mass is 10.2. The van der Waals surface area contributed by atoms with E-state index in [2.05, 4.69) is 15.5 Å². The number of halogens is 2. The number of carbonyl (C=O) groups excluding carboxylic acids is 1. The summed E-state index contributed by atoms with van der Waals surface area (Å²) in [6, 6.07) is 10.9. The van der Waals surface area contributed by atoms with Crippen molar-refractivity contribution in [2.75, 3.05) is 14.2 Å². The molecule has 32 heavy (non-hydrogen) atoms. The zero-order valence-electron chi connectivity index (χ0n) is 17.8. The number of rotatable bonds is 9. The number of aromatic nitrogens is 3. The Morgan fingerprint density at radius 3 is 2.59 bits per heavy atom. The summed E-state index contributed by atoms with van der Waals surface area (Å²) in [7, 11) is 5.00. The van der Waals surface area contributed by atoms with E-state index in [4.69, 9.17) is 32.7 Å². The number of benzene rings is 2. The van der Waals surface area contributed by atoms with Gasteiger partial charge in [0.05, 0.1) is 30.8 Å². The number of hydrogen-bond acceptors (Lipinski definition) is 6. The molecule has 0 radical (unpaired) electrons. The SMILES string of the molecule is COc1ccc(C=CC(=O)NCc2nnc(SCc3ccc(Cl)c(Cl)c3)n2C)cc1OC. The highest BCUT2D eigenvalue weighted by Crippen LogP contribution is 2.28. The molecule has 3 rings (SSSR count). The number of nitrogens with zero attached hydrogens (tertiary/aromatic N) is 3. The van der Waals surface area contributed by atoms with Gasteiger partial charge in [-0.15, -0.1) is 10.2 Å². The van der Waals surface area contributed by atoms with Crippen molar-refractivity contribution in [3.63, 3.8) is 0 Å². The van der Waals surface area contributed by atoms with Crippen molar-refractivity contribution >= 4 is 46.9 Å². The molecule has 0 bridgehead atoms. The van der Waals surface area contributed by atoms with Gasteiger partial charge < -0.3 is 19.4 Å². The molecule has 2 aromatic carbocycles. The Balaban J connectivity index is 1.54. The fourth-order valence-corrected chi connectivity index (χ4v) is 3.95. The van der Waals surface area contributed by atoms with Crippen molar-refractivity contribution in [3.8, 4) is 11.5 Å². The minimum absolute atomic E-state index is 0.243. The van der Waals surface area contributed by atoms with Gasteiger partial charge in [-0.3, -0.25) is 4.79 Å². The average Bonchev–Trinajstić information content (AvgIpc) is 3.16. The minimum atomic E-state index is -0.243. The van der Waals surface area contributed by atoms with Gasteiger partial charge in [-0.05, 0) is 41.5 Å². The molecule has 0 fully saturated rings. The third-order valence-electron chi connectivity index (χ3n) is 4.53. The van der Waals surface area contributed by atoms with Crippen LogP contribution < -0.4 is 14.8 Å². The van der Waals surface area contributed by atoms with Crippen LogP contribution in [0.5, 0.6) is 11.5 Å². The molecule has 1 amide bonds. The molecular weight excluding hydrogens is 471 g/mol. The molecule has 0 saturated carbocycles. The second-order valence-electron chi connectivity index (χ2n) is 6.66. The van der Waals surface area contributed by atoms with Gasteiger partial charge in [0.2, 0.25) is 5.91 Å². The Bertz CT molecular complexity index is 1130. The van der Waals surface area contributed by atoms with Crippen LogP contribution in [0.3, 0.4) is 0 Å². The van der Waals surface area contributed by atoms with Crippen molar-refractivity contribution in [2.24, 2.45) is 7.05 Å². The zero-order valence-corrected chi connectivity index (χ0v) is 20.1. The Morgan fingerprint density at radius 1 is 1.09 bits per heavy atom. The van der Waals surface area contributed by atoms with Gasteiger partial charge in [0, 0.05) is 18.9 Å². The van der Waals surface area contributed by atoms with Crippen molar-refractivity contribution in [2.45, 2.75) is 17.5 Å². The number of ether oxygens (including phenoxy) is 2. The maximum atomic E-state index is 12.2. The topological polar surface area (TPSA) is 78.3 Å². The summed E-state index contributed by atoms with van der Waals surface area (Å²) < 4.78 is 12.3. The fraction of sp³-hybridized carbons (Fsp3) is 0.227. The van der Waals surface area contributed by atoms with Crippen LogP contribution in [0.4, 0.5) is 0 Å². The monoisotopic (exact) mass is 492 g/mol. The molecule has 10 heteroatoms. The summed E-state index contributed by atoms with van der Waals surface area (Å²) in [4.78, 5) is 12.2. The molecule has 1 aromatic heterocycles. The quantitative estimate of drug-likeness (QED) is 0.342. The van der Waals surface area contributed by atoms with Crippen molar-refractivity contribution < 1.29 is 14.3 Å². The summed E-state index contributed by atoms with van der Waals surface area (Å²) in [5, 5.41) is 13.0. The predicted octanol–water partition coefficient (Wildman–Crippen LogP) is 4.76. The number of hydrogen-bond donors (Lipinski definition) is 1. The number of amides is 1. The van der Waals surface area contributed by atoms with Gasteiger partial charge in [-0.1, -0.05) is 47.1 Å². The van der Waals surface area contributed by atoms with Crippen molar-refractivity contribution in [3.05, 3.63) is 69.5 Å². The summed E-state index contributed by atoms with van der Waals surface area (Å²) in [5.74, 6) is 2.30. The lowest BCUT2D eigenvalue weighted by Gasteiger charge is -2.07. The van der Waals surface area contributed by atoms with Crippen LogP contribution in [-0.2, 0) is 24.1 Å². The Hall–Kier alpha value is -2.68. The van der Waals surface area contributed by atoms with E-state index >= 15 is 0 Å². The molecule has 7 nitrogen and oxygen atoms in total. The van der Waals surface area contributed by atoms with E-state index in [1.807, 2.05) is 29.8 Å². The number of carbonyl (C=O) groups is 1. The largest absolute Gasteiger partial charge is 0.493 e. The molecule has 0 spiro atoms. The smallest absolute Gasteiger partial charge is 0.244 e. The van der Waals surface area contributed by atoms with Crippen LogP contribution in [-0.4, -0.2) is 34.9 Å². The second kappa shape index (κ2) is 11.3. The van der Waals surface area contributed by atoms with E-state index in [0.717, 1.165) is 16.3 Å². The maximum Gasteiger partial charge on any atom is 0.244 e. The van der Waals surface area contributed by atoms with E-state index < -0.39 is 0 Å². The highest BCUT2D eigenvalue weighted by molar-refractivity contribution is 7.98. The van der Waals surface area contributed by atoms with Crippen LogP contribution in [0.25, 0.3) is 6.08 Å². The molecule has 0 aliphatic heterocycles. The van der Waals surface area contributed by atoms with Crippen LogP contribution in [0.2, 0.25) is 10.0 Å². The first-order valence-electron chi connectivity index (χ1n) is 9.54. The fourth-order valence-electron chi connectivity index (χ4n) is 2.76. The van der Waals surface area contributed by atoms with E-state index in [1.54, 1.807) is 38.5 Å². The second-order valence-corrected chi connectivity index (χ2v) is 8.42. The number of thioether (sulfide) groups is 1. The summed E-state index contributed by atoms with van der Waals surface area (Å²) in [6.45, 7) is 0.256. The molecule has 0 aliphatic rings. The molecule has 0 unspecified atom stereocenters. The third-order valence-corrected chi connectivity index (χ3v) is 6.36. The summed E-state index contributed by atoms with van der Waals surface area (Å²) >= 11 is 13.5. The van der Waals surface area contributed by atoms with Crippen LogP contribution in [0.1, 0.15) is 17.0 Å². The van der Waals surface area contributed by atoms with E-state index in [0.29, 0.717) is 33.1 Å². The van der Waals surface area contributed by atoms with Gasteiger partial charge in [0.15, 0.2) is 22.5 Å². The van der Waals surface area contributed by atoms with Crippen LogP contribution in [0, 0.1) is 0 Å². The minimum Gasteiger partial charge on any atom is -0.493 e. The Morgan fingerprint density at radius 2 is 1.88 bits per heavy atom. The first-order chi connectivity index (χ1) is 15.4. The van der Waals surface area contributed by atoms with Gasteiger partial charge in [-0.2, -0.15) is 0 Å². The molecule has 1 heterocycles. The molecule has 0 atom stereocenters. The summed E-state index contributed by atoms with van der Waals surface area (Å²) in [5.41, 5.74) is 1.85. The van der Waals surface area contributed by atoms with Gasteiger partial charge in [0.1, 0.15) is 0 Å². The zero-order chi connectivity index (χ0) is 23.1. The van der Waals surface area contributed by atoms with Crippen molar-refractivity contribution in [1.82, 2.24) is 20.1 Å². The highest BCUT2D eigenvalue weighted by atomic mass is 35.5. The normalized spacial score (nSPS) is 11.0. The Kier molecular flexibility index (Phi) is 8.44. The van der Waals surface area contributed by atoms with E-state index in [-0.39, 0.29) is 12.5 Å². The maximum absolute atomic E-state index is 12.2. The number of methoxy groups -OCH3 is 2. The lowest BCUT2D eigenvalue weighted by molar-refractivity contribution is -0.116. The van der Waals surface area contributed by atoms with E-state index in [1.165, 1.54) is 17.8 Å².